The number of rotatable bonds is 3. The molecule has 0 bridgehead atoms. The molecule has 5 nitrogen and oxygen atoms in total. The molecular formula is C14H14N2O3. The van der Waals surface area contributed by atoms with Gasteiger partial charge in [-0.15, -0.1) is 0 Å². The monoisotopic (exact) mass is 258 g/mol. The zero-order valence-electron chi connectivity index (χ0n) is 10.3. The predicted molar refractivity (Wildman–Crippen MR) is 70.5 cm³/mol. The molecule has 1 aromatic carbocycles. The van der Waals surface area contributed by atoms with Gasteiger partial charge in [0.2, 0.25) is 0 Å². The summed E-state index contributed by atoms with van der Waals surface area (Å²) in [6.07, 6.45) is 3.08. The van der Waals surface area contributed by atoms with E-state index in [0.29, 0.717) is 6.54 Å². The van der Waals surface area contributed by atoms with Crippen LogP contribution < -0.4 is 4.90 Å². The average molecular weight is 258 g/mol. The number of aliphatic hydroxyl groups excluding tert-OH is 1. The Kier molecular flexibility index (Phi) is 2.97. The zero-order valence-corrected chi connectivity index (χ0v) is 10.3. The summed E-state index contributed by atoms with van der Waals surface area (Å²) in [5.41, 5.74) is 1.80. The van der Waals surface area contributed by atoms with Crippen molar-refractivity contribution in [2.45, 2.75) is 6.10 Å². The summed E-state index contributed by atoms with van der Waals surface area (Å²) >= 11 is 0. The number of carbonyl (C=O) groups excluding carboxylic acids is 1. The minimum atomic E-state index is -0.434. The van der Waals surface area contributed by atoms with Crippen molar-refractivity contribution >= 4 is 11.8 Å². The fraction of sp³-hybridized carbons (Fsp3) is 0.214. The van der Waals surface area contributed by atoms with E-state index >= 15 is 0 Å². The van der Waals surface area contributed by atoms with Crippen LogP contribution in [0.25, 0.3) is 5.69 Å². The Bertz CT molecular complexity index is 563. The number of nitrogens with zero attached hydrogens (tertiary/aromatic N) is 2. The maximum Gasteiger partial charge on any atom is 0.414 e. The lowest BCUT2D eigenvalue weighted by atomic mass is 10.2. The van der Waals surface area contributed by atoms with E-state index in [1.165, 1.54) is 4.90 Å². The number of amides is 1. The van der Waals surface area contributed by atoms with E-state index in [1.54, 1.807) is 0 Å². The van der Waals surface area contributed by atoms with Crippen LogP contribution in [0.4, 0.5) is 10.5 Å². The van der Waals surface area contributed by atoms with Crippen molar-refractivity contribution in [3.05, 3.63) is 48.8 Å². The van der Waals surface area contributed by atoms with Crippen LogP contribution in [0, 0.1) is 0 Å². The number of ether oxygens (including phenoxy) is 1. The Hall–Kier alpha value is -2.27. The van der Waals surface area contributed by atoms with Crippen LogP contribution in [-0.2, 0) is 4.74 Å². The van der Waals surface area contributed by atoms with Crippen LogP contribution in [0.15, 0.2) is 48.8 Å². The maximum absolute atomic E-state index is 11.6. The highest BCUT2D eigenvalue weighted by Gasteiger charge is 2.31. The minimum absolute atomic E-state index is 0.149. The van der Waals surface area contributed by atoms with E-state index < -0.39 is 12.2 Å². The number of cyclic esters (lactones) is 1. The van der Waals surface area contributed by atoms with Crippen molar-refractivity contribution in [2.75, 3.05) is 18.1 Å². The highest BCUT2D eigenvalue weighted by Crippen LogP contribution is 2.22. The van der Waals surface area contributed by atoms with E-state index in [9.17, 15) is 4.79 Å². The third-order valence-corrected chi connectivity index (χ3v) is 3.14. The lowest BCUT2D eigenvalue weighted by Gasteiger charge is -2.13. The molecule has 1 aromatic heterocycles. The first-order valence-electron chi connectivity index (χ1n) is 6.10. The van der Waals surface area contributed by atoms with Gasteiger partial charge in [-0.1, -0.05) is 0 Å². The molecule has 1 aliphatic heterocycles. The summed E-state index contributed by atoms with van der Waals surface area (Å²) in [6, 6.07) is 11.5. The van der Waals surface area contributed by atoms with Gasteiger partial charge in [-0.25, -0.2) is 4.79 Å². The molecule has 1 saturated heterocycles. The van der Waals surface area contributed by atoms with Crippen LogP contribution in [0.5, 0.6) is 0 Å². The quantitative estimate of drug-likeness (QED) is 0.913. The van der Waals surface area contributed by atoms with E-state index in [2.05, 4.69) is 0 Å². The van der Waals surface area contributed by atoms with Crippen LogP contribution >= 0.6 is 0 Å². The van der Waals surface area contributed by atoms with Crippen molar-refractivity contribution < 1.29 is 14.6 Å². The molecule has 19 heavy (non-hydrogen) atoms. The lowest BCUT2D eigenvalue weighted by Crippen LogP contribution is -2.25. The molecular weight excluding hydrogens is 244 g/mol. The lowest BCUT2D eigenvalue weighted by molar-refractivity contribution is 0.0963. The standard InChI is InChI=1S/C14H14N2O3/c17-10-13-9-16(14(18)19-13)12-5-3-11(4-6-12)15-7-1-2-8-15/h1-8,13,17H,9-10H2/t13-/m1/s1. The third kappa shape index (κ3) is 2.20. The van der Waals surface area contributed by atoms with Crippen molar-refractivity contribution in [2.24, 2.45) is 0 Å². The molecule has 3 rings (SSSR count). The molecule has 0 spiro atoms. The Labute approximate surface area is 110 Å². The summed E-state index contributed by atoms with van der Waals surface area (Å²) in [4.78, 5) is 13.2. The molecule has 5 heteroatoms. The summed E-state index contributed by atoms with van der Waals surface area (Å²) in [5.74, 6) is 0. The van der Waals surface area contributed by atoms with Gasteiger partial charge in [0.05, 0.1) is 13.2 Å². The minimum Gasteiger partial charge on any atom is -0.441 e. The first-order valence-corrected chi connectivity index (χ1v) is 6.10. The molecule has 0 radical (unpaired) electrons. The molecule has 1 fully saturated rings. The number of anilines is 1. The van der Waals surface area contributed by atoms with Crippen LogP contribution in [0.3, 0.4) is 0 Å². The molecule has 1 atom stereocenters. The maximum atomic E-state index is 11.6. The topological polar surface area (TPSA) is 54.7 Å². The number of aliphatic hydroxyl groups is 1. The number of hydrogen-bond acceptors (Lipinski definition) is 3. The van der Waals surface area contributed by atoms with Crippen molar-refractivity contribution in [3.63, 3.8) is 0 Å². The Morgan fingerprint density at radius 3 is 2.37 bits per heavy atom. The zero-order chi connectivity index (χ0) is 13.2. The van der Waals surface area contributed by atoms with Crippen LogP contribution in [-0.4, -0.2) is 35.0 Å². The van der Waals surface area contributed by atoms with Gasteiger partial charge in [0, 0.05) is 23.8 Å². The summed E-state index contributed by atoms with van der Waals surface area (Å²) in [5, 5.41) is 9.01. The molecule has 1 aliphatic rings. The van der Waals surface area contributed by atoms with Gasteiger partial charge in [0.25, 0.3) is 0 Å². The predicted octanol–water partition coefficient (Wildman–Crippen LogP) is 1.79. The fourth-order valence-corrected chi connectivity index (χ4v) is 2.14. The van der Waals surface area contributed by atoms with Crippen LogP contribution in [0.2, 0.25) is 0 Å². The molecule has 2 aromatic rings. The molecule has 98 valence electrons. The number of aromatic nitrogens is 1. The Morgan fingerprint density at radius 2 is 1.79 bits per heavy atom. The fourth-order valence-electron chi connectivity index (χ4n) is 2.14. The van der Waals surface area contributed by atoms with Crippen LogP contribution in [0.1, 0.15) is 0 Å². The number of benzene rings is 1. The van der Waals surface area contributed by atoms with Crippen molar-refractivity contribution in [3.8, 4) is 5.69 Å². The normalized spacial score (nSPS) is 18.7. The molecule has 0 unspecified atom stereocenters. The van der Waals surface area contributed by atoms with Gasteiger partial charge in [0.15, 0.2) is 0 Å². The largest absolute Gasteiger partial charge is 0.441 e. The average Bonchev–Trinajstić information content (AvgIpc) is 3.08. The first-order chi connectivity index (χ1) is 9.28. The second kappa shape index (κ2) is 4.78. The summed E-state index contributed by atoms with van der Waals surface area (Å²) < 4.78 is 7.00. The summed E-state index contributed by atoms with van der Waals surface area (Å²) in [7, 11) is 0. The molecule has 0 saturated carbocycles. The first kappa shape index (κ1) is 11.8. The smallest absolute Gasteiger partial charge is 0.414 e. The second-order valence-corrected chi connectivity index (χ2v) is 4.41. The van der Waals surface area contributed by atoms with E-state index in [4.69, 9.17) is 9.84 Å². The Balaban J connectivity index is 1.81. The SMILES string of the molecule is O=C1O[C@@H](CO)CN1c1ccc(-n2cccc2)cc1. The van der Waals surface area contributed by atoms with Gasteiger partial charge in [-0.05, 0) is 36.4 Å². The highest BCUT2D eigenvalue weighted by atomic mass is 16.6. The van der Waals surface area contributed by atoms with Gasteiger partial charge in [0.1, 0.15) is 6.10 Å². The van der Waals surface area contributed by atoms with Gasteiger partial charge in [-0.2, -0.15) is 0 Å². The Morgan fingerprint density at radius 1 is 1.16 bits per heavy atom. The van der Waals surface area contributed by atoms with Gasteiger partial charge < -0.3 is 14.4 Å². The molecule has 2 heterocycles. The van der Waals surface area contributed by atoms with Crippen molar-refractivity contribution in [1.82, 2.24) is 4.57 Å². The van der Waals surface area contributed by atoms with Gasteiger partial charge in [-0.3, -0.25) is 4.90 Å². The second-order valence-electron chi connectivity index (χ2n) is 4.41. The third-order valence-electron chi connectivity index (χ3n) is 3.14. The highest BCUT2D eigenvalue weighted by molar-refractivity contribution is 5.89. The van der Waals surface area contributed by atoms with E-state index in [1.807, 2.05) is 53.4 Å². The molecule has 1 N–H and O–H groups in total. The number of hydrogen-bond donors (Lipinski definition) is 1. The van der Waals surface area contributed by atoms with E-state index in [0.717, 1.165) is 11.4 Å². The molecule has 0 aliphatic carbocycles. The molecule has 1 amide bonds. The van der Waals surface area contributed by atoms with E-state index in [-0.39, 0.29) is 6.61 Å². The number of carbonyl (C=O) groups is 1. The van der Waals surface area contributed by atoms with Crippen molar-refractivity contribution in [1.29, 1.82) is 0 Å². The summed E-state index contributed by atoms with van der Waals surface area (Å²) in [6.45, 7) is 0.238. The van der Waals surface area contributed by atoms with Gasteiger partial charge >= 0.3 is 6.09 Å².